The minimum atomic E-state index is -0.751. The van der Waals surface area contributed by atoms with E-state index in [1.54, 1.807) is 47.1 Å². The van der Waals surface area contributed by atoms with Crippen LogP contribution in [0.2, 0.25) is 0 Å². The van der Waals surface area contributed by atoms with Crippen molar-refractivity contribution in [2.24, 2.45) is 13.0 Å². The van der Waals surface area contributed by atoms with Crippen LogP contribution in [0.1, 0.15) is 35.0 Å². The number of rotatable bonds is 5. The molecule has 0 spiro atoms. The molecule has 2 aromatic carbocycles. The van der Waals surface area contributed by atoms with Crippen molar-refractivity contribution in [3.05, 3.63) is 83.2 Å². The van der Waals surface area contributed by atoms with Crippen LogP contribution in [0.25, 0.3) is 0 Å². The maximum atomic E-state index is 14.6. The zero-order valence-corrected chi connectivity index (χ0v) is 17.8. The smallest absolute Gasteiger partial charge is 0.227 e. The van der Waals surface area contributed by atoms with Crippen molar-refractivity contribution in [3.8, 4) is 0 Å². The molecule has 2 atom stereocenters. The summed E-state index contributed by atoms with van der Waals surface area (Å²) in [5, 5.41) is 2.94. The van der Waals surface area contributed by atoms with Crippen molar-refractivity contribution in [1.29, 1.82) is 0 Å². The minimum Gasteiger partial charge on any atom is -0.342 e. The molecule has 0 saturated carbocycles. The molecule has 1 fully saturated rings. The molecule has 31 heavy (non-hydrogen) atoms. The lowest BCUT2D eigenvalue weighted by molar-refractivity contribution is -0.126. The summed E-state index contributed by atoms with van der Waals surface area (Å²) in [5.74, 6) is -0.808. The van der Waals surface area contributed by atoms with Crippen LogP contribution in [0.5, 0.6) is 0 Å². The third kappa shape index (κ3) is 3.95. The normalized spacial score (nSPS) is 17.1. The van der Waals surface area contributed by atoms with Gasteiger partial charge in [0.2, 0.25) is 11.8 Å². The van der Waals surface area contributed by atoms with E-state index >= 15 is 0 Å². The van der Waals surface area contributed by atoms with E-state index in [2.05, 4.69) is 10.3 Å². The topological polar surface area (TPSA) is 67.2 Å². The molecule has 160 valence electrons. The van der Waals surface area contributed by atoms with E-state index in [0.29, 0.717) is 17.9 Å². The highest BCUT2D eigenvalue weighted by Crippen LogP contribution is 2.30. The van der Waals surface area contributed by atoms with Gasteiger partial charge in [0.1, 0.15) is 17.7 Å². The third-order valence-corrected chi connectivity index (χ3v) is 5.98. The van der Waals surface area contributed by atoms with Crippen LogP contribution < -0.4 is 10.2 Å². The van der Waals surface area contributed by atoms with Gasteiger partial charge in [-0.15, -0.1) is 0 Å². The first-order valence-electron chi connectivity index (χ1n) is 10.3. The van der Waals surface area contributed by atoms with Crippen molar-refractivity contribution in [2.75, 3.05) is 11.4 Å². The largest absolute Gasteiger partial charge is 0.342 e. The fourth-order valence-electron chi connectivity index (χ4n) is 4.05. The number of carbonyl (C=O) groups excluding carboxylic acids is 2. The number of anilines is 1. The predicted octanol–water partition coefficient (Wildman–Crippen LogP) is 3.43. The number of hydrogen-bond donors (Lipinski definition) is 1. The van der Waals surface area contributed by atoms with Gasteiger partial charge in [0.15, 0.2) is 0 Å². The molecule has 1 aliphatic heterocycles. The second kappa shape index (κ2) is 8.34. The molecule has 2 heterocycles. The molecule has 4 rings (SSSR count). The number of carbonyl (C=O) groups is 2. The molecule has 0 bridgehead atoms. The summed E-state index contributed by atoms with van der Waals surface area (Å²) in [7, 11) is 1.80. The summed E-state index contributed by atoms with van der Waals surface area (Å²) in [6.07, 6.45) is 3.47. The molecule has 7 heteroatoms. The molecule has 1 saturated heterocycles. The van der Waals surface area contributed by atoms with Crippen molar-refractivity contribution >= 4 is 17.5 Å². The van der Waals surface area contributed by atoms with E-state index in [0.717, 1.165) is 16.8 Å². The molecule has 6 nitrogen and oxygen atoms in total. The highest BCUT2D eigenvalue weighted by atomic mass is 19.1. The Bertz CT molecular complexity index is 1140. The molecule has 1 aliphatic rings. The number of aryl methyl sites for hydroxylation is 2. The third-order valence-electron chi connectivity index (χ3n) is 5.98. The van der Waals surface area contributed by atoms with Gasteiger partial charge in [-0.25, -0.2) is 9.37 Å². The summed E-state index contributed by atoms with van der Waals surface area (Å²) in [6, 6.07) is 11.4. The van der Waals surface area contributed by atoms with E-state index in [-0.39, 0.29) is 18.2 Å². The number of aromatic nitrogens is 2. The summed E-state index contributed by atoms with van der Waals surface area (Å²) in [6.45, 7) is 4.26. The second-order valence-corrected chi connectivity index (χ2v) is 7.98. The first kappa shape index (κ1) is 20.8. The molecular formula is C24H25FN4O2. The van der Waals surface area contributed by atoms with Gasteiger partial charge >= 0.3 is 0 Å². The lowest BCUT2D eigenvalue weighted by atomic mass is 10.0. The van der Waals surface area contributed by atoms with E-state index < -0.39 is 17.8 Å². The van der Waals surface area contributed by atoms with E-state index in [1.165, 1.54) is 6.07 Å². The number of imidazole rings is 1. The van der Waals surface area contributed by atoms with Gasteiger partial charge < -0.3 is 14.8 Å². The average Bonchev–Trinajstić information content (AvgIpc) is 3.34. The van der Waals surface area contributed by atoms with Gasteiger partial charge in [-0.1, -0.05) is 30.3 Å². The number of halogens is 1. The van der Waals surface area contributed by atoms with Crippen LogP contribution in [0.3, 0.4) is 0 Å². The zero-order valence-electron chi connectivity index (χ0n) is 17.8. The lowest BCUT2D eigenvalue weighted by Gasteiger charge is -2.22. The van der Waals surface area contributed by atoms with Crippen LogP contribution in [0, 0.1) is 25.6 Å². The van der Waals surface area contributed by atoms with Gasteiger partial charge in [-0.05, 0) is 37.1 Å². The lowest BCUT2D eigenvalue weighted by Crippen LogP contribution is -2.37. The molecule has 2 unspecified atom stereocenters. The first-order chi connectivity index (χ1) is 14.9. The molecular weight excluding hydrogens is 395 g/mol. The van der Waals surface area contributed by atoms with Gasteiger partial charge in [-0.3, -0.25) is 9.59 Å². The number of hydrogen-bond acceptors (Lipinski definition) is 3. The van der Waals surface area contributed by atoms with Gasteiger partial charge in [-0.2, -0.15) is 0 Å². The molecule has 1 aromatic heterocycles. The van der Waals surface area contributed by atoms with E-state index in [1.807, 2.05) is 32.0 Å². The molecule has 0 radical (unpaired) electrons. The number of amides is 2. The fourth-order valence-corrected chi connectivity index (χ4v) is 4.05. The van der Waals surface area contributed by atoms with E-state index in [4.69, 9.17) is 0 Å². The minimum absolute atomic E-state index is 0.0896. The summed E-state index contributed by atoms with van der Waals surface area (Å²) in [5.41, 5.74) is 3.28. The maximum Gasteiger partial charge on any atom is 0.227 e. The second-order valence-electron chi connectivity index (χ2n) is 7.98. The maximum absolute atomic E-state index is 14.6. The molecule has 2 amide bonds. The predicted molar refractivity (Wildman–Crippen MR) is 116 cm³/mol. The van der Waals surface area contributed by atoms with Crippen molar-refractivity contribution in [1.82, 2.24) is 14.9 Å². The summed E-state index contributed by atoms with van der Waals surface area (Å²) >= 11 is 0. The van der Waals surface area contributed by atoms with E-state index in [9.17, 15) is 14.0 Å². The summed E-state index contributed by atoms with van der Waals surface area (Å²) in [4.78, 5) is 31.9. The summed E-state index contributed by atoms with van der Waals surface area (Å²) < 4.78 is 16.3. The van der Waals surface area contributed by atoms with Crippen molar-refractivity contribution in [3.63, 3.8) is 0 Å². The van der Waals surface area contributed by atoms with Gasteiger partial charge in [0, 0.05) is 43.7 Å². The number of nitrogens with zero attached hydrogens (tertiary/aromatic N) is 3. The van der Waals surface area contributed by atoms with Crippen molar-refractivity contribution < 1.29 is 14.0 Å². The van der Waals surface area contributed by atoms with Crippen LogP contribution in [-0.4, -0.2) is 27.9 Å². The highest BCUT2D eigenvalue weighted by Gasteiger charge is 2.37. The van der Waals surface area contributed by atoms with Crippen LogP contribution in [-0.2, 0) is 16.6 Å². The van der Waals surface area contributed by atoms with Crippen LogP contribution in [0.4, 0.5) is 10.1 Å². The Hall–Kier alpha value is -3.48. The fraction of sp³-hybridized carbons (Fsp3) is 0.292. The Balaban J connectivity index is 1.59. The Morgan fingerprint density at radius 2 is 1.97 bits per heavy atom. The first-order valence-corrected chi connectivity index (χ1v) is 10.3. The number of benzene rings is 2. The SMILES string of the molecule is Cc1cccc(N2CC(C(=O)NC(c3ccccc3F)c3nccn3C)CC2=O)c1C. The Morgan fingerprint density at radius 3 is 2.68 bits per heavy atom. The zero-order chi connectivity index (χ0) is 22.1. The van der Waals surface area contributed by atoms with Crippen LogP contribution in [0.15, 0.2) is 54.9 Å². The molecule has 0 aliphatic carbocycles. The number of nitrogens with one attached hydrogen (secondary N) is 1. The van der Waals surface area contributed by atoms with Gasteiger partial charge in [0.05, 0.1) is 5.92 Å². The van der Waals surface area contributed by atoms with Crippen LogP contribution >= 0.6 is 0 Å². The molecule has 3 aromatic rings. The monoisotopic (exact) mass is 420 g/mol. The Labute approximate surface area is 180 Å². The standard InChI is InChI=1S/C24H25FN4O2/c1-15-7-6-10-20(16(15)2)29-14-17(13-21(29)30)24(31)27-22(23-26-11-12-28(23)3)18-8-4-5-9-19(18)25/h4-12,17,22H,13-14H2,1-3H3,(H,27,31). The average molecular weight is 420 g/mol. The quantitative estimate of drug-likeness (QED) is 0.688. The Kier molecular flexibility index (Phi) is 5.59. The Morgan fingerprint density at radius 1 is 1.19 bits per heavy atom. The van der Waals surface area contributed by atoms with Crippen molar-refractivity contribution in [2.45, 2.75) is 26.3 Å². The highest BCUT2D eigenvalue weighted by molar-refractivity contribution is 6.01. The molecule has 1 N–H and O–H groups in total. The van der Waals surface area contributed by atoms with Gasteiger partial charge in [0.25, 0.3) is 0 Å².